The molecule has 196 valence electrons. The van der Waals surface area contributed by atoms with Crippen molar-refractivity contribution in [3.05, 3.63) is 88.4 Å². The van der Waals surface area contributed by atoms with Gasteiger partial charge in [-0.05, 0) is 73.5 Å². The molecule has 1 saturated heterocycles. The highest BCUT2D eigenvalue weighted by Gasteiger charge is 2.31. The summed E-state index contributed by atoms with van der Waals surface area (Å²) in [6, 6.07) is 17.4. The molecule has 3 aromatic rings. The van der Waals surface area contributed by atoms with Gasteiger partial charge < -0.3 is 4.90 Å². The molecule has 0 saturated carbocycles. The Bertz CT molecular complexity index is 1550. The fourth-order valence-electron chi connectivity index (χ4n) is 4.10. The minimum Gasteiger partial charge on any atom is -0.336 e. The number of piperazine rings is 1. The molecular weight excluding hydrogens is 534 g/mol. The van der Waals surface area contributed by atoms with Crippen molar-refractivity contribution in [2.75, 3.05) is 37.5 Å². The Hall–Kier alpha value is -2.92. The van der Waals surface area contributed by atoms with Crippen LogP contribution in [-0.4, -0.2) is 65.2 Å². The first-order valence-corrected chi connectivity index (χ1v) is 14.9. The topological polar surface area (TPSA) is 95.1 Å². The smallest absolute Gasteiger partial charge is 0.264 e. The van der Waals surface area contributed by atoms with Crippen LogP contribution in [0.5, 0.6) is 0 Å². The molecule has 1 heterocycles. The van der Waals surface area contributed by atoms with Gasteiger partial charge in [-0.2, -0.15) is 4.31 Å². The molecule has 1 fully saturated rings. The van der Waals surface area contributed by atoms with Gasteiger partial charge in [-0.25, -0.2) is 16.8 Å². The van der Waals surface area contributed by atoms with Crippen molar-refractivity contribution in [2.45, 2.75) is 23.6 Å². The Labute approximate surface area is 223 Å². The van der Waals surface area contributed by atoms with E-state index in [0.717, 1.165) is 15.4 Å². The van der Waals surface area contributed by atoms with Gasteiger partial charge in [0.05, 0.1) is 15.5 Å². The van der Waals surface area contributed by atoms with Gasteiger partial charge in [0.2, 0.25) is 10.0 Å². The predicted octanol–water partition coefficient (Wildman–Crippen LogP) is 3.93. The maximum atomic E-state index is 13.2. The number of carbonyl (C=O) groups excluding carboxylic acids is 1. The molecule has 8 nitrogen and oxygen atoms in total. The fourth-order valence-corrected chi connectivity index (χ4v) is 7.02. The van der Waals surface area contributed by atoms with Crippen molar-refractivity contribution in [1.29, 1.82) is 0 Å². The summed E-state index contributed by atoms with van der Waals surface area (Å²) in [6.45, 7) is 4.48. The van der Waals surface area contributed by atoms with Gasteiger partial charge in [-0.15, -0.1) is 0 Å². The molecule has 3 aromatic carbocycles. The molecule has 0 atom stereocenters. The SMILES string of the molecule is Cc1ccc(S(=O)(=O)N2CCN(C(=O)c3cccc(S(=O)(=O)N(C)c4cccc(Cl)c4)c3)CC2)cc1C. The van der Waals surface area contributed by atoms with Crippen LogP contribution in [0.4, 0.5) is 5.69 Å². The summed E-state index contributed by atoms with van der Waals surface area (Å²) in [5, 5.41) is 0.405. The van der Waals surface area contributed by atoms with Crippen molar-refractivity contribution < 1.29 is 21.6 Å². The second-order valence-electron chi connectivity index (χ2n) is 8.92. The molecular formula is C26H28ClN3O5S2. The number of nitrogens with zero attached hydrogens (tertiary/aromatic N) is 3. The van der Waals surface area contributed by atoms with E-state index in [1.165, 1.54) is 29.6 Å². The number of benzene rings is 3. The number of aryl methyl sites for hydroxylation is 2. The summed E-state index contributed by atoms with van der Waals surface area (Å²) in [5.74, 6) is -0.356. The van der Waals surface area contributed by atoms with E-state index in [4.69, 9.17) is 11.6 Å². The molecule has 4 rings (SSSR count). The summed E-state index contributed by atoms with van der Waals surface area (Å²) in [6.07, 6.45) is 0. The van der Waals surface area contributed by atoms with E-state index in [0.29, 0.717) is 10.7 Å². The van der Waals surface area contributed by atoms with E-state index in [1.807, 2.05) is 13.8 Å². The molecule has 0 aromatic heterocycles. The van der Waals surface area contributed by atoms with Crippen LogP contribution in [0.25, 0.3) is 0 Å². The van der Waals surface area contributed by atoms with Gasteiger partial charge in [0, 0.05) is 43.8 Å². The van der Waals surface area contributed by atoms with Crippen LogP contribution in [0.15, 0.2) is 76.5 Å². The number of carbonyl (C=O) groups is 1. The Balaban J connectivity index is 1.48. The van der Waals surface area contributed by atoms with Gasteiger partial charge in [-0.3, -0.25) is 9.10 Å². The third kappa shape index (κ3) is 5.52. The Morgan fingerprint density at radius 1 is 0.811 bits per heavy atom. The second-order valence-corrected chi connectivity index (χ2v) is 13.3. The van der Waals surface area contributed by atoms with Crippen LogP contribution in [0.3, 0.4) is 0 Å². The van der Waals surface area contributed by atoms with Crippen LogP contribution in [0.2, 0.25) is 5.02 Å². The summed E-state index contributed by atoms with van der Waals surface area (Å²) < 4.78 is 55.1. The van der Waals surface area contributed by atoms with Gasteiger partial charge >= 0.3 is 0 Å². The predicted molar refractivity (Wildman–Crippen MR) is 144 cm³/mol. The molecule has 1 aliphatic heterocycles. The number of amides is 1. The second kappa shape index (κ2) is 10.4. The van der Waals surface area contributed by atoms with E-state index in [-0.39, 0.29) is 47.4 Å². The number of hydrogen-bond acceptors (Lipinski definition) is 5. The molecule has 11 heteroatoms. The average Bonchev–Trinajstić information content (AvgIpc) is 2.89. The molecule has 0 unspecified atom stereocenters. The lowest BCUT2D eigenvalue weighted by atomic mass is 10.1. The highest BCUT2D eigenvalue weighted by Crippen LogP contribution is 2.26. The number of anilines is 1. The maximum absolute atomic E-state index is 13.2. The Morgan fingerprint density at radius 2 is 1.49 bits per heavy atom. The van der Waals surface area contributed by atoms with Crippen LogP contribution < -0.4 is 4.31 Å². The lowest BCUT2D eigenvalue weighted by Gasteiger charge is -2.34. The zero-order valence-electron chi connectivity index (χ0n) is 20.8. The first-order valence-electron chi connectivity index (χ1n) is 11.6. The molecule has 1 amide bonds. The van der Waals surface area contributed by atoms with Crippen molar-refractivity contribution in [1.82, 2.24) is 9.21 Å². The summed E-state index contributed by atoms with van der Waals surface area (Å²) >= 11 is 6.01. The summed E-state index contributed by atoms with van der Waals surface area (Å²) in [5.41, 5.74) is 2.51. The molecule has 1 aliphatic rings. The minimum absolute atomic E-state index is 0.0308. The number of sulfonamides is 2. The van der Waals surface area contributed by atoms with E-state index < -0.39 is 20.0 Å². The van der Waals surface area contributed by atoms with Gasteiger partial charge in [0.1, 0.15) is 0 Å². The summed E-state index contributed by atoms with van der Waals surface area (Å²) in [7, 11) is -6.20. The lowest BCUT2D eigenvalue weighted by Crippen LogP contribution is -2.50. The van der Waals surface area contributed by atoms with E-state index in [1.54, 1.807) is 53.4 Å². The zero-order valence-corrected chi connectivity index (χ0v) is 23.1. The third-order valence-corrected chi connectivity index (χ3v) is 10.5. The largest absolute Gasteiger partial charge is 0.336 e. The monoisotopic (exact) mass is 561 g/mol. The van der Waals surface area contributed by atoms with Crippen LogP contribution in [-0.2, 0) is 20.0 Å². The van der Waals surface area contributed by atoms with Crippen molar-refractivity contribution in [3.8, 4) is 0 Å². The first kappa shape index (κ1) is 27.1. The quantitative estimate of drug-likeness (QED) is 0.454. The first-order chi connectivity index (χ1) is 17.4. The van der Waals surface area contributed by atoms with Crippen molar-refractivity contribution in [2.24, 2.45) is 0 Å². The van der Waals surface area contributed by atoms with Crippen LogP contribution >= 0.6 is 11.6 Å². The van der Waals surface area contributed by atoms with Gasteiger partial charge in [-0.1, -0.05) is 29.8 Å². The maximum Gasteiger partial charge on any atom is 0.264 e. The molecule has 0 spiro atoms. The highest BCUT2D eigenvalue weighted by atomic mass is 35.5. The fraction of sp³-hybridized carbons (Fsp3) is 0.269. The standard InChI is InChI=1S/C26H28ClN3O5S2/c1-19-10-11-25(16-20(19)2)37(34,35)30-14-12-29(13-15-30)26(31)21-6-4-9-24(17-21)36(32,33)28(3)23-8-5-7-22(27)18-23/h4-11,16-18H,12-15H2,1-3H3. The van der Waals surface area contributed by atoms with Crippen LogP contribution in [0.1, 0.15) is 21.5 Å². The van der Waals surface area contributed by atoms with E-state index in [2.05, 4.69) is 0 Å². The van der Waals surface area contributed by atoms with Crippen molar-refractivity contribution in [3.63, 3.8) is 0 Å². The number of rotatable bonds is 6. The Kier molecular flexibility index (Phi) is 7.66. The Morgan fingerprint density at radius 3 is 2.14 bits per heavy atom. The molecule has 0 bridgehead atoms. The minimum atomic E-state index is -3.94. The normalized spacial score (nSPS) is 15.0. The van der Waals surface area contributed by atoms with Crippen molar-refractivity contribution >= 4 is 43.2 Å². The molecule has 37 heavy (non-hydrogen) atoms. The van der Waals surface area contributed by atoms with Gasteiger partial charge in [0.25, 0.3) is 15.9 Å². The average molecular weight is 562 g/mol. The molecule has 0 radical (unpaired) electrons. The summed E-state index contributed by atoms with van der Waals surface area (Å²) in [4.78, 5) is 14.9. The van der Waals surface area contributed by atoms with E-state index in [9.17, 15) is 21.6 Å². The third-order valence-electron chi connectivity index (χ3n) is 6.55. The van der Waals surface area contributed by atoms with Gasteiger partial charge in [0.15, 0.2) is 0 Å². The highest BCUT2D eigenvalue weighted by molar-refractivity contribution is 7.92. The molecule has 0 N–H and O–H groups in total. The lowest BCUT2D eigenvalue weighted by molar-refractivity contribution is 0.0697. The van der Waals surface area contributed by atoms with E-state index >= 15 is 0 Å². The number of hydrogen-bond donors (Lipinski definition) is 0. The molecule has 0 aliphatic carbocycles. The van der Waals surface area contributed by atoms with Crippen LogP contribution in [0, 0.1) is 13.8 Å². The zero-order chi connectivity index (χ0) is 27.0. The number of halogens is 1.